The van der Waals surface area contributed by atoms with Gasteiger partial charge in [0.1, 0.15) is 11.3 Å². The molecule has 5 heteroatoms. The standard InChI is InChI=1S/C14H14BrNO3/c1-14(2,3)19-13(18)16-10-7-5-4-6-9(10)12(15)11(16)8-17/h4-8H,1-3H3. The second kappa shape index (κ2) is 4.81. The minimum Gasteiger partial charge on any atom is -0.443 e. The molecule has 0 fully saturated rings. The lowest BCUT2D eigenvalue weighted by Crippen LogP contribution is -2.28. The fraction of sp³-hybridized carbons (Fsp3) is 0.286. The normalized spacial score (nSPS) is 11.6. The van der Waals surface area contributed by atoms with E-state index >= 15 is 0 Å². The smallest absolute Gasteiger partial charge is 0.419 e. The summed E-state index contributed by atoms with van der Waals surface area (Å²) in [6, 6.07) is 7.27. The number of hydrogen-bond acceptors (Lipinski definition) is 3. The molecule has 0 aliphatic heterocycles. The number of fused-ring (bicyclic) bond motifs is 1. The first-order valence-corrected chi connectivity index (χ1v) is 6.62. The van der Waals surface area contributed by atoms with Crippen molar-refractivity contribution in [1.82, 2.24) is 4.57 Å². The van der Waals surface area contributed by atoms with E-state index in [0.717, 1.165) is 5.39 Å². The quantitative estimate of drug-likeness (QED) is 0.745. The van der Waals surface area contributed by atoms with Crippen molar-refractivity contribution in [3.63, 3.8) is 0 Å². The highest BCUT2D eigenvalue weighted by atomic mass is 79.9. The minimum absolute atomic E-state index is 0.260. The Balaban J connectivity index is 2.65. The van der Waals surface area contributed by atoms with E-state index in [-0.39, 0.29) is 5.69 Å². The largest absolute Gasteiger partial charge is 0.443 e. The number of nitrogens with zero attached hydrogens (tertiary/aromatic N) is 1. The van der Waals surface area contributed by atoms with Gasteiger partial charge in [0.2, 0.25) is 0 Å². The lowest BCUT2D eigenvalue weighted by atomic mass is 10.2. The molecule has 0 saturated heterocycles. The first-order chi connectivity index (χ1) is 8.85. The predicted octanol–water partition coefficient (Wildman–Crippen LogP) is 4.00. The fourth-order valence-electron chi connectivity index (χ4n) is 1.83. The van der Waals surface area contributed by atoms with Crippen LogP contribution in [0, 0.1) is 0 Å². The van der Waals surface area contributed by atoms with Gasteiger partial charge in [-0.1, -0.05) is 18.2 Å². The second-order valence-corrected chi connectivity index (χ2v) is 5.94. The summed E-state index contributed by atoms with van der Waals surface area (Å²) >= 11 is 3.35. The molecular formula is C14H14BrNO3. The zero-order valence-electron chi connectivity index (χ0n) is 10.9. The Morgan fingerprint density at radius 1 is 1.32 bits per heavy atom. The van der Waals surface area contributed by atoms with Crippen LogP contribution in [-0.4, -0.2) is 22.5 Å². The summed E-state index contributed by atoms with van der Waals surface area (Å²) in [5, 5.41) is 0.801. The van der Waals surface area contributed by atoms with Gasteiger partial charge in [-0.15, -0.1) is 0 Å². The summed E-state index contributed by atoms with van der Waals surface area (Å²) in [7, 11) is 0. The number of carbonyl (C=O) groups is 2. The number of aldehydes is 1. The summed E-state index contributed by atoms with van der Waals surface area (Å²) in [5.74, 6) is 0. The van der Waals surface area contributed by atoms with Gasteiger partial charge >= 0.3 is 6.09 Å². The summed E-state index contributed by atoms with van der Waals surface area (Å²) in [5.41, 5.74) is 0.288. The molecule has 2 rings (SSSR count). The van der Waals surface area contributed by atoms with Crippen LogP contribution < -0.4 is 0 Å². The molecule has 0 radical (unpaired) electrons. The Labute approximate surface area is 119 Å². The molecule has 0 N–H and O–H groups in total. The van der Waals surface area contributed by atoms with Crippen molar-refractivity contribution in [2.45, 2.75) is 26.4 Å². The highest BCUT2D eigenvalue weighted by Gasteiger charge is 2.24. The highest BCUT2D eigenvalue weighted by Crippen LogP contribution is 2.30. The third-order valence-electron chi connectivity index (χ3n) is 2.53. The molecule has 1 aromatic carbocycles. The number of halogens is 1. The topological polar surface area (TPSA) is 48.3 Å². The predicted molar refractivity (Wildman–Crippen MR) is 76.7 cm³/mol. The average molecular weight is 324 g/mol. The van der Waals surface area contributed by atoms with E-state index < -0.39 is 11.7 Å². The summed E-state index contributed by atoms with van der Waals surface area (Å²) in [4.78, 5) is 23.5. The summed E-state index contributed by atoms with van der Waals surface area (Å²) in [6.45, 7) is 5.35. The van der Waals surface area contributed by atoms with Gasteiger partial charge in [-0.2, -0.15) is 0 Å². The molecule has 0 atom stereocenters. The first-order valence-electron chi connectivity index (χ1n) is 5.82. The van der Waals surface area contributed by atoms with Crippen LogP contribution in [0.15, 0.2) is 28.7 Å². The Hall–Kier alpha value is -1.62. The molecule has 0 aliphatic carbocycles. The Morgan fingerprint density at radius 3 is 2.53 bits per heavy atom. The van der Waals surface area contributed by atoms with E-state index in [1.54, 1.807) is 26.8 Å². The number of rotatable bonds is 1. The number of carbonyl (C=O) groups excluding carboxylic acids is 2. The van der Waals surface area contributed by atoms with E-state index in [1.807, 2.05) is 18.2 Å². The van der Waals surface area contributed by atoms with Gasteiger partial charge in [-0.3, -0.25) is 4.79 Å². The molecule has 4 nitrogen and oxygen atoms in total. The van der Waals surface area contributed by atoms with E-state index in [2.05, 4.69) is 15.9 Å². The van der Waals surface area contributed by atoms with Gasteiger partial charge in [0, 0.05) is 5.39 Å². The van der Waals surface area contributed by atoms with Gasteiger partial charge in [0.15, 0.2) is 6.29 Å². The van der Waals surface area contributed by atoms with Crippen molar-refractivity contribution in [3.8, 4) is 0 Å². The maximum absolute atomic E-state index is 12.2. The summed E-state index contributed by atoms with van der Waals surface area (Å²) < 4.78 is 7.22. The highest BCUT2D eigenvalue weighted by molar-refractivity contribution is 9.10. The molecule has 19 heavy (non-hydrogen) atoms. The summed E-state index contributed by atoms with van der Waals surface area (Å²) in [6.07, 6.45) is 0.0880. The van der Waals surface area contributed by atoms with Crippen molar-refractivity contribution < 1.29 is 14.3 Å². The number of ether oxygens (including phenoxy) is 1. The van der Waals surface area contributed by atoms with Gasteiger partial charge in [0.25, 0.3) is 0 Å². The van der Waals surface area contributed by atoms with Gasteiger partial charge < -0.3 is 4.74 Å². The molecule has 1 aromatic heterocycles. The van der Waals surface area contributed by atoms with Crippen LogP contribution in [-0.2, 0) is 4.74 Å². The number of benzene rings is 1. The molecule has 0 aliphatic rings. The van der Waals surface area contributed by atoms with Crippen molar-refractivity contribution in [2.24, 2.45) is 0 Å². The molecule has 0 unspecified atom stereocenters. The molecule has 0 spiro atoms. The molecule has 2 aromatic rings. The van der Waals surface area contributed by atoms with Gasteiger partial charge in [-0.05, 0) is 42.8 Å². The SMILES string of the molecule is CC(C)(C)OC(=O)n1c(C=O)c(Br)c2ccccc21. The molecular weight excluding hydrogens is 310 g/mol. The van der Waals surface area contributed by atoms with E-state index in [1.165, 1.54) is 4.57 Å². The van der Waals surface area contributed by atoms with Crippen LogP contribution in [0.1, 0.15) is 31.3 Å². The van der Waals surface area contributed by atoms with Crippen LogP contribution in [0.4, 0.5) is 4.79 Å². The van der Waals surface area contributed by atoms with E-state index in [0.29, 0.717) is 16.3 Å². The van der Waals surface area contributed by atoms with E-state index in [9.17, 15) is 9.59 Å². The van der Waals surface area contributed by atoms with Crippen LogP contribution in [0.25, 0.3) is 10.9 Å². The Morgan fingerprint density at radius 2 is 1.95 bits per heavy atom. The maximum Gasteiger partial charge on any atom is 0.419 e. The number of aromatic nitrogens is 1. The van der Waals surface area contributed by atoms with E-state index in [4.69, 9.17) is 4.74 Å². The Kier molecular flexibility index (Phi) is 3.49. The molecule has 0 saturated carbocycles. The third-order valence-corrected chi connectivity index (χ3v) is 3.37. The van der Waals surface area contributed by atoms with Gasteiger partial charge in [-0.25, -0.2) is 9.36 Å². The van der Waals surface area contributed by atoms with Crippen LogP contribution >= 0.6 is 15.9 Å². The monoisotopic (exact) mass is 323 g/mol. The number of para-hydroxylation sites is 1. The van der Waals surface area contributed by atoms with Crippen molar-refractivity contribution >= 4 is 39.2 Å². The zero-order chi connectivity index (χ0) is 14.2. The van der Waals surface area contributed by atoms with Crippen molar-refractivity contribution in [2.75, 3.05) is 0 Å². The molecule has 0 bridgehead atoms. The third kappa shape index (κ3) is 2.56. The molecule has 100 valence electrons. The van der Waals surface area contributed by atoms with Crippen molar-refractivity contribution in [3.05, 3.63) is 34.4 Å². The van der Waals surface area contributed by atoms with Crippen LogP contribution in [0.3, 0.4) is 0 Å². The molecule has 1 heterocycles. The zero-order valence-corrected chi connectivity index (χ0v) is 12.5. The minimum atomic E-state index is -0.616. The first kappa shape index (κ1) is 13.8. The fourth-order valence-corrected chi connectivity index (χ4v) is 2.43. The van der Waals surface area contributed by atoms with Crippen LogP contribution in [0.5, 0.6) is 0 Å². The lowest BCUT2D eigenvalue weighted by molar-refractivity contribution is 0.0538. The average Bonchev–Trinajstić information content (AvgIpc) is 2.60. The lowest BCUT2D eigenvalue weighted by Gasteiger charge is -2.20. The van der Waals surface area contributed by atoms with Gasteiger partial charge in [0.05, 0.1) is 9.99 Å². The molecule has 0 amide bonds. The second-order valence-electron chi connectivity index (χ2n) is 5.15. The van der Waals surface area contributed by atoms with Crippen molar-refractivity contribution in [1.29, 1.82) is 0 Å². The maximum atomic E-state index is 12.2. The number of hydrogen-bond donors (Lipinski definition) is 0. The Bertz CT molecular complexity index is 652. The van der Waals surface area contributed by atoms with Crippen LogP contribution in [0.2, 0.25) is 0 Å².